The van der Waals surface area contributed by atoms with Gasteiger partial charge in [0.2, 0.25) is 0 Å². The maximum atomic E-state index is 13.6. The molecule has 0 radical (unpaired) electrons. The van der Waals surface area contributed by atoms with Gasteiger partial charge in [0.25, 0.3) is 0 Å². The summed E-state index contributed by atoms with van der Waals surface area (Å²) < 4.78 is 12.5. The zero-order valence-electron chi connectivity index (χ0n) is 25.2. The average molecular weight is 549 g/mol. The highest BCUT2D eigenvalue weighted by Crippen LogP contribution is 2.40. The van der Waals surface area contributed by atoms with E-state index in [1.54, 1.807) is 24.3 Å². The number of carbonyl (C=O) groups is 2. The van der Waals surface area contributed by atoms with Gasteiger partial charge in [0.1, 0.15) is 0 Å². The third-order valence-corrected chi connectivity index (χ3v) is 8.01. The van der Waals surface area contributed by atoms with Crippen LogP contribution in [0.25, 0.3) is 0 Å². The molecule has 1 aliphatic carbocycles. The molecule has 0 aliphatic heterocycles. The average Bonchev–Trinajstić information content (AvgIpc) is 2.98. The molecule has 0 aromatic heterocycles. The minimum absolute atomic E-state index is 0.122. The van der Waals surface area contributed by atoms with Crippen molar-refractivity contribution < 1.29 is 19.1 Å². The Balaban J connectivity index is 1.56. The second-order valence-electron chi connectivity index (χ2n) is 11.4. The number of carbonyl (C=O) groups excluding carboxylic acids is 2. The minimum Gasteiger partial charge on any atom is -0.490 e. The smallest absolute Gasteiger partial charge is 0.198 e. The fourth-order valence-corrected chi connectivity index (χ4v) is 5.58. The van der Waals surface area contributed by atoms with E-state index in [-0.39, 0.29) is 11.6 Å². The molecule has 4 heteroatoms. The molecule has 4 nitrogen and oxygen atoms in total. The summed E-state index contributed by atoms with van der Waals surface area (Å²) in [6.07, 6.45) is 22.4. The number of fused-ring (bicyclic) bond motifs is 2. The van der Waals surface area contributed by atoms with E-state index in [2.05, 4.69) is 13.8 Å². The van der Waals surface area contributed by atoms with Gasteiger partial charge < -0.3 is 9.47 Å². The number of rotatable bonds is 22. The SMILES string of the molecule is CCCCCCCCCCCOc1ccc2c(c1OCCCCCCCCCCC)C(=O)c1ccccc1C2=O. The standard InChI is InChI=1S/C36H52O4/c1-3-5-7-9-11-13-15-17-21-27-39-32-26-25-31-33(35(38)30-24-20-19-23-29(30)34(31)37)36(32)40-28-22-18-16-14-12-10-8-6-4-2/h19-20,23-26H,3-18,21-22,27-28H2,1-2H3. The van der Waals surface area contributed by atoms with Crippen molar-refractivity contribution in [1.29, 1.82) is 0 Å². The number of hydrogen-bond donors (Lipinski definition) is 0. The molecule has 2 aromatic carbocycles. The summed E-state index contributed by atoms with van der Waals surface area (Å²) in [4.78, 5) is 26.8. The molecule has 2 aromatic rings. The van der Waals surface area contributed by atoms with Gasteiger partial charge in [0, 0.05) is 16.7 Å². The second-order valence-corrected chi connectivity index (χ2v) is 11.4. The lowest BCUT2D eigenvalue weighted by molar-refractivity contribution is 0.0974. The first-order chi connectivity index (χ1) is 19.7. The molecule has 220 valence electrons. The van der Waals surface area contributed by atoms with E-state index in [4.69, 9.17) is 9.47 Å². The number of unbranched alkanes of at least 4 members (excludes halogenated alkanes) is 16. The van der Waals surface area contributed by atoms with Gasteiger partial charge in [-0.25, -0.2) is 0 Å². The molecule has 0 heterocycles. The molecule has 0 saturated heterocycles. The highest BCUT2D eigenvalue weighted by atomic mass is 16.5. The molecule has 0 atom stereocenters. The molecule has 1 aliphatic rings. The highest BCUT2D eigenvalue weighted by molar-refractivity contribution is 6.29. The van der Waals surface area contributed by atoms with Crippen LogP contribution in [0.1, 0.15) is 161 Å². The molecule has 0 saturated carbocycles. The molecule has 0 unspecified atom stereocenters. The Labute approximate surface area is 243 Å². The van der Waals surface area contributed by atoms with E-state index < -0.39 is 0 Å². The lowest BCUT2D eigenvalue weighted by Crippen LogP contribution is -2.22. The van der Waals surface area contributed by atoms with Crippen molar-refractivity contribution in [3.05, 3.63) is 58.7 Å². The van der Waals surface area contributed by atoms with Gasteiger partial charge in [-0.3, -0.25) is 9.59 Å². The van der Waals surface area contributed by atoms with Gasteiger partial charge in [0.05, 0.1) is 18.8 Å². The Kier molecular flexibility index (Phi) is 14.9. The normalized spacial score (nSPS) is 12.3. The molecular weight excluding hydrogens is 496 g/mol. The van der Waals surface area contributed by atoms with E-state index in [1.165, 1.54) is 89.9 Å². The Hall–Kier alpha value is -2.62. The monoisotopic (exact) mass is 548 g/mol. The van der Waals surface area contributed by atoms with Crippen molar-refractivity contribution >= 4 is 11.6 Å². The quantitative estimate of drug-likeness (QED) is 0.117. The maximum absolute atomic E-state index is 13.6. The van der Waals surface area contributed by atoms with Crippen LogP contribution in [0.15, 0.2) is 36.4 Å². The fourth-order valence-electron chi connectivity index (χ4n) is 5.58. The lowest BCUT2D eigenvalue weighted by Gasteiger charge is -2.22. The van der Waals surface area contributed by atoms with Crippen LogP contribution >= 0.6 is 0 Å². The van der Waals surface area contributed by atoms with Gasteiger partial charge in [-0.2, -0.15) is 0 Å². The topological polar surface area (TPSA) is 52.6 Å². The zero-order valence-corrected chi connectivity index (χ0v) is 25.2. The number of ketones is 2. The lowest BCUT2D eigenvalue weighted by atomic mass is 9.83. The summed E-state index contributed by atoms with van der Waals surface area (Å²) in [5, 5.41) is 0. The van der Waals surface area contributed by atoms with Crippen molar-refractivity contribution in [2.45, 2.75) is 129 Å². The molecule has 0 spiro atoms. The van der Waals surface area contributed by atoms with E-state index in [1.807, 2.05) is 12.1 Å². The Bertz CT molecular complexity index is 1040. The molecule has 0 amide bonds. The third kappa shape index (κ3) is 9.78. The number of ether oxygens (including phenoxy) is 2. The van der Waals surface area contributed by atoms with E-state index in [0.717, 1.165) is 25.7 Å². The summed E-state index contributed by atoms with van der Waals surface area (Å²) in [7, 11) is 0. The van der Waals surface area contributed by atoms with Gasteiger partial charge >= 0.3 is 0 Å². The Morgan fingerprint density at radius 1 is 0.475 bits per heavy atom. The van der Waals surface area contributed by atoms with Gasteiger partial charge in [-0.1, -0.05) is 141 Å². The van der Waals surface area contributed by atoms with E-state index >= 15 is 0 Å². The van der Waals surface area contributed by atoms with Crippen LogP contribution in [0.4, 0.5) is 0 Å². The van der Waals surface area contributed by atoms with Gasteiger partial charge in [0.15, 0.2) is 23.1 Å². The van der Waals surface area contributed by atoms with Crippen LogP contribution < -0.4 is 9.47 Å². The van der Waals surface area contributed by atoms with Gasteiger partial charge in [-0.15, -0.1) is 0 Å². The Morgan fingerprint density at radius 2 is 0.925 bits per heavy atom. The molecule has 40 heavy (non-hydrogen) atoms. The molecule has 0 fully saturated rings. The minimum atomic E-state index is -0.152. The van der Waals surface area contributed by atoms with Crippen LogP contribution in [-0.4, -0.2) is 24.8 Å². The first kappa shape index (κ1) is 31.9. The van der Waals surface area contributed by atoms with E-state index in [0.29, 0.717) is 47.0 Å². The predicted molar refractivity (Wildman–Crippen MR) is 165 cm³/mol. The molecule has 3 rings (SSSR count). The largest absolute Gasteiger partial charge is 0.490 e. The first-order valence-electron chi connectivity index (χ1n) is 16.3. The van der Waals surface area contributed by atoms with Crippen LogP contribution in [0.3, 0.4) is 0 Å². The van der Waals surface area contributed by atoms with Crippen molar-refractivity contribution in [3.63, 3.8) is 0 Å². The molecule has 0 bridgehead atoms. The summed E-state index contributed by atoms with van der Waals surface area (Å²) in [5.74, 6) is 0.750. The van der Waals surface area contributed by atoms with Crippen molar-refractivity contribution in [2.75, 3.05) is 13.2 Å². The summed E-state index contributed by atoms with van der Waals surface area (Å²) in [5.41, 5.74) is 1.70. The zero-order chi connectivity index (χ0) is 28.4. The first-order valence-corrected chi connectivity index (χ1v) is 16.3. The van der Waals surface area contributed by atoms with Crippen molar-refractivity contribution in [1.82, 2.24) is 0 Å². The third-order valence-electron chi connectivity index (χ3n) is 8.01. The molecular formula is C36H52O4. The maximum Gasteiger partial charge on any atom is 0.198 e. The van der Waals surface area contributed by atoms with Crippen LogP contribution in [0.2, 0.25) is 0 Å². The number of benzene rings is 2. The molecule has 0 N–H and O–H groups in total. The fraction of sp³-hybridized carbons (Fsp3) is 0.611. The predicted octanol–water partition coefficient (Wildman–Crippen LogP) is 10.3. The highest BCUT2D eigenvalue weighted by Gasteiger charge is 2.33. The van der Waals surface area contributed by atoms with Crippen LogP contribution in [0, 0.1) is 0 Å². The summed E-state index contributed by atoms with van der Waals surface area (Å²) >= 11 is 0. The Morgan fingerprint density at radius 3 is 1.45 bits per heavy atom. The van der Waals surface area contributed by atoms with Crippen molar-refractivity contribution in [3.8, 4) is 11.5 Å². The summed E-state index contributed by atoms with van der Waals surface area (Å²) in [6.45, 7) is 5.61. The summed E-state index contributed by atoms with van der Waals surface area (Å²) in [6, 6.07) is 10.6. The number of hydrogen-bond acceptors (Lipinski definition) is 4. The van der Waals surface area contributed by atoms with Crippen LogP contribution in [0.5, 0.6) is 11.5 Å². The van der Waals surface area contributed by atoms with Gasteiger partial charge in [-0.05, 0) is 25.0 Å². The van der Waals surface area contributed by atoms with Crippen LogP contribution in [-0.2, 0) is 0 Å². The van der Waals surface area contributed by atoms with E-state index in [9.17, 15) is 9.59 Å². The second kappa shape index (κ2) is 18.7. The van der Waals surface area contributed by atoms with Crippen molar-refractivity contribution in [2.24, 2.45) is 0 Å².